The normalized spacial score (nSPS) is 10.1. The van der Waals surface area contributed by atoms with Crippen LogP contribution in [0.5, 0.6) is 17.4 Å². The molecule has 4 nitrogen and oxygen atoms in total. The van der Waals surface area contributed by atoms with Gasteiger partial charge in [-0.3, -0.25) is 0 Å². The van der Waals surface area contributed by atoms with Crippen LogP contribution in [0.4, 0.5) is 0 Å². The summed E-state index contributed by atoms with van der Waals surface area (Å²) in [7, 11) is 0. The van der Waals surface area contributed by atoms with Gasteiger partial charge in [0, 0.05) is 11.8 Å². The minimum Gasteiger partial charge on any atom is -0.494 e. The van der Waals surface area contributed by atoms with Gasteiger partial charge in [-0.2, -0.15) is 0 Å². The topological polar surface area (TPSA) is 51.6 Å². The molecule has 4 heteroatoms. The lowest BCUT2D eigenvalue weighted by molar-refractivity contribution is 0.275. The smallest absolute Gasteiger partial charge is 0.224 e. The quantitative estimate of drug-likeness (QED) is 0.880. The predicted molar refractivity (Wildman–Crippen MR) is 67.8 cm³/mol. The molecular formula is C14H15NO3. The molecule has 1 aromatic carbocycles. The largest absolute Gasteiger partial charge is 0.494 e. The molecule has 0 unspecified atom stereocenters. The van der Waals surface area contributed by atoms with E-state index in [4.69, 9.17) is 9.47 Å². The van der Waals surface area contributed by atoms with Crippen molar-refractivity contribution in [1.29, 1.82) is 0 Å². The zero-order valence-electron chi connectivity index (χ0n) is 10.2. The van der Waals surface area contributed by atoms with E-state index in [-0.39, 0.29) is 6.61 Å². The molecule has 0 aliphatic carbocycles. The van der Waals surface area contributed by atoms with Gasteiger partial charge in [-0.25, -0.2) is 4.98 Å². The molecule has 0 saturated carbocycles. The summed E-state index contributed by atoms with van der Waals surface area (Å²) < 4.78 is 11.0. The molecule has 0 fully saturated rings. The van der Waals surface area contributed by atoms with Gasteiger partial charge >= 0.3 is 0 Å². The van der Waals surface area contributed by atoms with Crippen LogP contribution in [0.15, 0.2) is 42.6 Å². The maximum Gasteiger partial charge on any atom is 0.224 e. The van der Waals surface area contributed by atoms with Crippen LogP contribution in [0.2, 0.25) is 0 Å². The van der Waals surface area contributed by atoms with E-state index in [2.05, 4.69) is 4.98 Å². The lowest BCUT2D eigenvalue weighted by Crippen LogP contribution is -1.95. The summed E-state index contributed by atoms with van der Waals surface area (Å²) in [6.45, 7) is 2.47. The molecule has 1 heterocycles. The zero-order valence-corrected chi connectivity index (χ0v) is 10.2. The average molecular weight is 245 g/mol. The van der Waals surface area contributed by atoms with E-state index in [1.165, 1.54) is 0 Å². The van der Waals surface area contributed by atoms with E-state index < -0.39 is 0 Å². The van der Waals surface area contributed by atoms with Gasteiger partial charge < -0.3 is 14.6 Å². The van der Waals surface area contributed by atoms with E-state index in [0.29, 0.717) is 23.8 Å². The molecule has 0 amide bonds. The first-order valence-corrected chi connectivity index (χ1v) is 5.79. The summed E-state index contributed by atoms with van der Waals surface area (Å²) in [4.78, 5) is 4.09. The van der Waals surface area contributed by atoms with Crippen molar-refractivity contribution < 1.29 is 14.6 Å². The summed E-state index contributed by atoms with van der Waals surface area (Å²) in [6.07, 6.45) is 1.63. The highest BCUT2D eigenvalue weighted by Gasteiger charge is 2.04. The molecule has 2 aromatic rings. The number of nitrogens with zero attached hydrogens (tertiary/aromatic N) is 1. The van der Waals surface area contributed by atoms with Gasteiger partial charge in [-0.1, -0.05) is 0 Å². The first-order chi connectivity index (χ1) is 8.83. The second kappa shape index (κ2) is 6.02. The summed E-state index contributed by atoms with van der Waals surface area (Å²) in [5.41, 5.74) is 0.659. The molecular weight excluding hydrogens is 230 g/mol. The average Bonchev–Trinajstić information content (AvgIpc) is 2.42. The van der Waals surface area contributed by atoms with E-state index in [9.17, 15) is 5.11 Å². The van der Waals surface area contributed by atoms with Crippen molar-refractivity contribution in [2.75, 3.05) is 6.61 Å². The van der Waals surface area contributed by atoms with Gasteiger partial charge in [-0.05, 0) is 43.3 Å². The van der Waals surface area contributed by atoms with Gasteiger partial charge in [-0.15, -0.1) is 0 Å². The molecule has 1 N–H and O–H groups in total. The molecule has 0 spiro atoms. The number of aliphatic hydroxyl groups is 1. The maximum atomic E-state index is 9.17. The molecule has 18 heavy (non-hydrogen) atoms. The first kappa shape index (κ1) is 12.4. The molecule has 0 bridgehead atoms. The Bertz CT molecular complexity index is 497. The van der Waals surface area contributed by atoms with Crippen LogP contribution in [0.1, 0.15) is 12.5 Å². The Kier molecular flexibility index (Phi) is 4.15. The molecule has 0 saturated heterocycles. The van der Waals surface area contributed by atoms with Gasteiger partial charge in [0.25, 0.3) is 0 Å². The number of aromatic nitrogens is 1. The first-order valence-electron chi connectivity index (χ1n) is 5.79. The Labute approximate surface area is 106 Å². The highest BCUT2D eigenvalue weighted by molar-refractivity contribution is 5.35. The van der Waals surface area contributed by atoms with Gasteiger partial charge in [0.05, 0.1) is 13.2 Å². The SMILES string of the molecule is CCOc1ccc(Oc2ncccc2CO)cc1. The fourth-order valence-corrected chi connectivity index (χ4v) is 1.52. The van der Waals surface area contributed by atoms with Crippen LogP contribution in [0.25, 0.3) is 0 Å². The highest BCUT2D eigenvalue weighted by atomic mass is 16.5. The summed E-state index contributed by atoms with van der Waals surface area (Å²) in [6, 6.07) is 10.8. The van der Waals surface area contributed by atoms with Crippen LogP contribution >= 0.6 is 0 Å². The van der Waals surface area contributed by atoms with Gasteiger partial charge in [0.15, 0.2) is 0 Å². The summed E-state index contributed by atoms with van der Waals surface area (Å²) >= 11 is 0. The van der Waals surface area contributed by atoms with E-state index in [1.54, 1.807) is 30.5 Å². The highest BCUT2D eigenvalue weighted by Crippen LogP contribution is 2.24. The third-order valence-corrected chi connectivity index (χ3v) is 2.37. The molecule has 1 aromatic heterocycles. The van der Waals surface area contributed by atoms with Crippen LogP contribution in [0, 0.1) is 0 Å². The molecule has 0 radical (unpaired) electrons. The second-order valence-corrected chi connectivity index (χ2v) is 3.63. The van der Waals surface area contributed by atoms with Gasteiger partial charge in [0.2, 0.25) is 5.88 Å². The Morgan fingerprint density at radius 2 is 1.83 bits per heavy atom. The molecule has 94 valence electrons. The van der Waals surface area contributed by atoms with E-state index in [0.717, 1.165) is 5.75 Å². The summed E-state index contributed by atoms with van der Waals surface area (Å²) in [5.74, 6) is 1.88. The number of pyridine rings is 1. The molecule has 0 aliphatic heterocycles. The van der Waals surface area contributed by atoms with Crippen molar-refractivity contribution in [3.05, 3.63) is 48.2 Å². The van der Waals surface area contributed by atoms with Crippen LogP contribution in [0.3, 0.4) is 0 Å². The number of rotatable bonds is 5. The van der Waals surface area contributed by atoms with Crippen LogP contribution in [-0.4, -0.2) is 16.7 Å². The number of benzene rings is 1. The molecule has 0 atom stereocenters. The summed E-state index contributed by atoms with van der Waals surface area (Å²) in [5, 5.41) is 9.17. The van der Waals surface area contributed by atoms with Crippen molar-refractivity contribution in [3.63, 3.8) is 0 Å². The lowest BCUT2D eigenvalue weighted by Gasteiger charge is -2.09. The zero-order chi connectivity index (χ0) is 12.8. The fraction of sp³-hybridized carbons (Fsp3) is 0.214. The van der Waals surface area contributed by atoms with Crippen molar-refractivity contribution >= 4 is 0 Å². The van der Waals surface area contributed by atoms with E-state index >= 15 is 0 Å². The number of aliphatic hydroxyl groups excluding tert-OH is 1. The fourth-order valence-electron chi connectivity index (χ4n) is 1.52. The van der Waals surface area contributed by atoms with Gasteiger partial charge in [0.1, 0.15) is 11.5 Å². The minimum absolute atomic E-state index is 0.0970. The lowest BCUT2D eigenvalue weighted by atomic mass is 10.3. The number of hydrogen-bond donors (Lipinski definition) is 1. The Balaban J connectivity index is 2.13. The van der Waals surface area contributed by atoms with Crippen molar-refractivity contribution in [3.8, 4) is 17.4 Å². The van der Waals surface area contributed by atoms with Crippen molar-refractivity contribution in [1.82, 2.24) is 4.98 Å². The van der Waals surface area contributed by atoms with E-state index in [1.807, 2.05) is 19.1 Å². The maximum absolute atomic E-state index is 9.17. The molecule has 2 rings (SSSR count). The van der Waals surface area contributed by atoms with Crippen LogP contribution in [-0.2, 0) is 6.61 Å². The third kappa shape index (κ3) is 2.99. The predicted octanol–water partition coefficient (Wildman–Crippen LogP) is 2.76. The van der Waals surface area contributed by atoms with Crippen LogP contribution < -0.4 is 9.47 Å². The Morgan fingerprint density at radius 3 is 2.50 bits per heavy atom. The number of ether oxygens (including phenoxy) is 2. The Morgan fingerprint density at radius 1 is 1.11 bits per heavy atom. The second-order valence-electron chi connectivity index (χ2n) is 3.63. The monoisotopic (exact) mass is 245 g/mol. The third-order valence-electron chi connectivity index (χ3n) is 2.37. The molecule has 0 aliphatic rings. The minimum atomic E-state index is -0.0970. The standard InChI is InChI=1S/C14H15NO3/c1-2-17-12-5-7-13(8-6-12)18-14-11(10-16)4-3-9-15-14/h3-9,16H,2,10H2,1H3. The Hall–Kier alpha value is -2.07. The number of hydrogen-bond acceptors (Lipinski definition) is 4. The van der Waals surface area contributed by atoms with Crippen molar-refractivity contribution in [2.45, 2.75) is 13.5 Å². The van der Waals surface area contributed by atoms with Crippen molar-refractivity contribution in [2.24, 2.45) is 0 Å².